The summed E-state index contributed by atoms with van der Waals surface area (Å²) in [4.78, 5) is 13.7. The van der Waals surface area contributed by atoms with Crippen molar-refractivity contribution in [2.24, 2.45) is 5.92 Å². The Morgan fingerprint density at radius 3 is 2.10 bits per heavy atom. The molecule has 0 saturated heterocycles. The molecule has 0 heterocycles. The summed E-state index contributed by atoms with van der Waals surface area (Å²) < 4.78 is 10.4. The number of likely N-dealkylation sites (N-methyl/N-ethyl adjacent to an activating group) is 1. The Morgan fingerprint density at radius 1 is 1.15 bits per heavy atom. The molecule has 5 heteroatoms. The molecule has 0 fully saturated rings. The third-order valence-electron chi connectivity index (χ3n) is 2.52. The van der Waals surface area contributed by atoms with Crippen molar-refractivity contribution >= 4 is 23.2 Å². The maximum Gasteiger partial charge on any atom is 0.334 e. The quantitative estimate of drug-likeness (QED) is 0.313. The predicted octanol–water partition coefficient (Wildman–Crippen LogP) is 2.94. The molecule has 0 aromatic heterocycles. The molecular formula is C15H25NO3S. The smallest absolute Gasteiger partial charge is 0.334 e. The maximum atomic E-state index is 11.9. The molecule has 0 aromatic carbocycles. The van der Waals surface area contributed by atoms with Gasteiger partial charge in [0, 0.05) is 19.7 Å². The molecule has 0 aliphatic carbocycles. The van der Waals surface area contributed by atoms with Crippen molar-refractivity contribution in [3.05, 3.63) is 23.4 Å². The normalized spacial score (nSPS) is 12.3. The molecule has 114 valence electrons. The maximum absolute atomic E-state index is 11.9. The second-order valence-corrected chi connectivity index (χ2v) is 5.03. The van der Waals surface area contributed by atoms with E-state index in [1.54, 1.807) is 19.1 Å². The van der Waals surface area contributed by atoms with Crippen LogP contribution in [-0.4, -0.2) is 43.2 Å². The molecule has 20 heavy (non-hydrogen) atoms. The molecule has 0 radical (unpaired) electrons. The number of thiocarbonyl (C=S) groups is 1. The van der Waals surface area contributed by atoms with Gasteiger partial charge in [0.15, 0.2) is 0 Å². The van der Waals surface area contributed by atoms with Crippen LogP contribution in [0.3, 0.4) is 0 Å². The molecule has 0 atom stereocenters. The summed E-state index contributed by atoms with van der Waals surface area (Å²) in [5, 5.41) is 0.417. The molecule has 0 rings (SSSR count). The van der Waals surface area contributed by atoms with Gasteiger partial charge in [0.2, 0.25) is 5.05 Å². The van der Waals surface area contributed by atoms with E-state index < -0.39 is 0 Å². The van der Waals surface area contributed by atoms with Crippen LogP contribution >= 0.6 is 12.2 Å². The molecule has 4 nitrogen and oxygen atoms in total. The molecule has 0 aliphatic heterocycles. The van der Waals surface area contributed by atoms with Gasteiger partial charge in [-0.2, -0.15) is 0 Å². The number of rotatable bonds is 7. The second kappa shape index (κ2) is 9.53. The standard InChI is InChI=1S/C15H25NO3S/c1-7-18-14(17)12(11(3)4)9-10-13(16(5)6)15(20)19-8-2/h9-11H,7-8H2,1-6H3. The number of ether oxygens (including phenoxy) is 2. The van der Waals surface area contributed by atoms with Crippen molar-refractivity contribution in [3.8, 4) is 0 Å². The van der Waals surface area contributed by atoms with E-state index in [0.29, 0.717) is 23.8 Å². The zero-order valence-electron chi connectivity index (χ0n) is 13.2. The molecule has 0 aliphatic rings. The van der Waals surface area contributed by atoms with Crippen LogP contribution in [0.25, 0.3) is 0 Å². The summed E-state index contributed by atoms with van der Waals surface area (Å²) >= 11 is 5.21. The largest absolute Gasteiger partial charge is 0.482 e. The van der Waals surface area contributed by atoms with Crippen LogP contribution in [0.5, 0.6) is 0 Å². The predicted molar refractivity (Wildman–Crippen MR) is 85.5 cm³/mol. The van der Waals surface area contributed by atoms with Gasteiger partial charge >= 0.3 is 5.97 Å². The molecule has 0 amide bonds. The first kappa shape index (κ1) is 18.6. The summed E-state index contributed by atoms with van der Waals surface area (Å²) in [6, 6.07) is 0. The number of carbonyl (C=O) groups is 1. The summed E-state index contributed by atoms with van der Waals surface area (Å²) in [6.07, 6.45) is 3.55. The minimum absolute atomic E-state index is 0.0781. The lowest BCUT2D eigenvalue weighted by atomic mass is 10.0. The van der Waals surface area contributed by atoms with Crippen LogP contribution in [0.2, 0.25) is 0 Å². The van der Waals surface area contributed by atoms with E-state index in [-0.39, 0.29) is 11.9 Å². The van der Waals surface area contributed by atoms with Crippen LogP contribution in [0.1, 0.15) is 27.7 Å². The van der Waals surface area contributed by atoms with E-state index in [1.165, 1.54) is 0 Å². The van der Waals surface area contributed by atoms with Crippen LogP contribution in [0, 0.1) is 5.92 Å². The van der Waals surface area contributed by atoms with Gasteiger partial charge in [-0.3, -0.25) is 0 Å². The first-order valence-corrected chi connectivity index (χ1v) is 7.19. The Kier molecular flexibility index (Phi) is 8.88. The van der Waals surface area contributed by atoms with Gasteiger partial charge < -0.3 is 14.4 Å². The van der Waals surface area contributed by atoms with Gasteiger partial charge in [-0.15, -0.1) is 0 Å². The number of hydrogen-bond donors (Lipinski definition) is 0. The van der Waals surface area contributed by atoms with E-state index >= 15 is 0 Å². The average molecular weight is 299 g/mol. The minimum atomic E-state index is -0.292. The number of nitrogens with zero attached hydrogens (tertiary/aromatic N) is 1. The number of carbonyl (C=O) groups excluding carboxylic acids is 1. The Morgan fingerprint density at radius 2 is 1.70 bits per heavy atom. The number of hydrogen-bond acceptors (Lipinski definition) is 5. The fourth-order valence-electron chi connectivity index (χ4n) is 1.48. The van der Waals surface area contributed by atoms with Gasteiger partial charge in [-0.05, 0) is 44.1 Å². The molecule has 0 spiro atoms. The van der Waals surface area contributed by atoms with E-state index in [9.17, 15) is 4.79 Å². The summed E-state index contributed by atoms with van der Waals surface area (Å²) in [5.74, 6) is -0.214. The lowest BCUT2D eigenvalue weighted by Gasteiger charge is -2.18. The van der Waals surface area contributed by atoms with Gasteiger partial charge in [-0.25, -0.2) is 4.79 Å². The third-order valence-corrected chi connectivity index (χ3v) is 2.85. The van der Waals surface area contributed by atoms with Crippen LogP contribution in [0.15, 0.2) is 23.4 Å². The first-order chi connectivity index (χ1) is 9.34. The number of allylic oxidation sites excluding steroid dienone is 2. The van der Waals surface area contributed by atoms with Crippen molar-refractivity contribution in [2.75, 3.05) is 27.3 Å². The molecule has 0 unspecified atom stereocenters. The molecule has 0 bridgehead atoms. The molecular weight excluding hydrogens is 274 g/mol. The molecule has 0 aromatic rings. The van der Waals surface area contributed by atoms with Gasteiger partial charge in [0.1, 0.15) is 0 Å². The van der Waals surface area contributed by atoms with Crippen LogP contribution < -0.4 is 0 Å². The van der Waals surface area contributed by atoms with Crippen LogP contribution in [0.4, 0.5) is 0 Å². The summed E-state index contributed by atoms with van der Waals surface area (Å²) in [5.41, 5.74) is 1.37. The third kappa shape index (κ3) is 6.19. The highest BCUT2D eigenvalue weighted by molar-refractivity contribution is 7.80. The lowest BCUT2D eigenvalue weighted by Crippen LogP contribution is -2.20. The zero-order valence-corrected chi connectivity index (χ0v) is 14.0. The van der Waals surface area contributed by atoms with Gasteiger partial charge in [0.05, 0.1) is 18.9 Å². The van der Waals surface area contributed by atoms with Crippen molar-refractivity contribution < 1.29 is 14.3 Å². The van der Waals surface area contributed by atoms with Crippen LogP contribution in [-0.2, 0) is 14.3 Å². The zero-order chi connectivity index (χ0) is 15.7. The topological polar surface area (TPSA) is 38.8 Å². The van der Waals surface area contributed by atoms with Gasteiger partial charge in [-0.1, -0.05) is 13.8 Å². The summed E-state index contributed by atoms with van der Waals surface area (Å²) in [6.45, 7) is 8.46. The average Bonchev–Trinajstić information content (AvgIpc) is 2.33. The first-order valence-electron chi connectivity index (χ1n) is 6.78. The Hall–Kier alpha value is -1.36. The van der Waals surface area contributed by atoms with Crippen molar-refractivity contribution in [3.63, 3.8) is 0 Å². The highest BCUT2D eigenvalue weighted by Crippen LogP contribution is 2.14. The highest BCUT2D eigenvalue weighted by Gasteiger charge is 2.14. The van der Waals surface area contributed by atoms with Crippen molar-refractivity contribution in [1.29, 1.82) is 0 Å². The Bertz CT molecular complexity index is 360. The highest BCUT2D eigenvalue weighted by atomic mass is 32.1. The van der Waals surface area contributed by atoms with E-state index in [4.69, 9.17) is 21.7 Å². The Labute approximate surface area is 127 Å². The molecule has 0 N–H and O–H groups in total. The van der Waals surface area contributed by atoms with E-state index in [0.717, 1.165) is 5.70 Å². The van der Waals surface area contributed by atoms with E-state index in [1.807, 2.05) is 39.8 Å². The number of esters is 1. The van der Waals surface area contributed by atoms with Gasteiger partial charge in [0.25, 0.3) is 0 Å². The fourth-order valence-corrected chi connectivity index (χ4v) is 1.85. The minimum Gasteiger partial charge on any atom is -0.482 e. The van der Waals surface area contributed by atoms with Crippen molar-refractivity contribution in [2.45, 2.75) is 27.7 Å². The SMILES string of the molecule is CCOC(=O)C(=CC=C(C(=S)OCC)N(C)C)C(C)C. The monoisotopic (exact) mass is 299 g/mol. The lowest BCUT2D eigenvalue weighted by molar-refractivity contribution is -0.139. The van der Waals surface area contributed by atoms with Crippen molar-refractivity contribution in [1.82, 2.24) is 4.90 Å². The Balaban J connectivity index is 5.32. The molecule has 0 saturated carbocycles. The van der Waals surface area contributed by atoms with E-state index in [2.05, 4.69) is 0 Å². The second-order valence-electron chi connectivity index (χ2n) is 4.66. The summed E-state index contributed by atoms with van der Waals surface area (Å²) in [7, 11) is 3.76. The fraction of sp³-hybridized carbons (Fsp3) is 0.600.